The molecule has 0 aromatic rings. The summed E-state index contributed by atoms with van der Waals surface area (Å²) in [6.07, 6.45) is 7.55. The Morgan fingerprint density at radius 1 is 1.26 bits per heavy atom. The van der Waals surface area contributed by atoms with Crippen LogP contribution in [0.4, 0.5) is 0 Å². The minimum atomic E-state index is 0.243. The van der Waals surface area contributed by atoms with Crippen LogP contribution in [-0.4, -0.2) is 30.6 Å². The van der Waals surface area contributed by atoms with Gasteiger partial charge in [-0.1, -0.05) is 27.7 Å². The first-order chi connectivity index (χ1) is 8.71. The number of hydrogen-bond donors (Lipinski definition) is 2. The van der Waals surface area contributed by atoms with Crippen molar-refractivity contribution >= 4 is 0 Å². The van der Waals surface area contributed by atoms with Crippen LogP contribution in [0.3, 0.4) is 0 Å². The van der Waals surface area contributed by atoms with Gasteiger partial charge in [-0.15, -0.1) is 0 Å². The molecule has 1 saturated carbocycles. The van der Waals surface area contributed by atoms with Gasteiger partial charge in [0.25, 0.3) is 0 Å². The Bertz CT molecular complexity index is 260. The minimum Gasteiger partial charge on any atom is -0.302 e. The molecule has 0 aliphatic heterocycles. The minimum absolute atomic E-state index is 0.243. The normalized spacial score (nSPS) is 30.6. The number of nitrogens with zero attached hydrogens (tertiary/aromatic N) is 1. The highest BCUT2D eigenvalue weighted by atomic mass is 15.3. The average molecular weight is 269 g/mol. The second-order valence-electron chi connectivity index (χ2n) is 8.00. The van der Waals surface area contributed by atoms with Crippen LogP contribution < -0.4 is 11.3 Å². The summed E-state index contributed by atoms with van der Waals surface area (Å²) in [5, 5.41) is 0. The molecule has 1 aliphatic rings. The van der Waals surface area contributed by atoms with Gasteiger partial charge in [-0.25, -0.2) is 0 Å². The molecule has 0 heterocycles. The maximum Gasteiger partial charge on any atom is 0.0394 e. The van der Waals surface area contributed by atoms with E-state index in [9.17, 15) is 0 Å². The highest BCUT2D eigenvalue weighted by molar-refractivity contribution is 5.01. The van der Waals surface area contributed by atoms with Gasteiger partial charge in [-0.2, -0.15) is 0 Å². The van der Waals surface area contributed by atoms with Gasteiger partial charge in [0, 0.05) is 11.6 Å². The zero-order valence-corrected chi connectivity index (χ0v) is 13.9. The highest BCUT2D eigenvalue weighted by Gasteiger charge is 2.42. The molecule has 0 radical (unpaired) electrons. The van der Waals surface area contributed by atoms with E-state index in [1.54, 1.807) is 0 Å². The maximum atomic E-state index is 5.91. The van der Waals surface area contributed by atoms with Gasteiger partial charge in [0.2, 0.25) is 0 Å². The molecule has 0 spiro atoms. The first-order valence-electron chi connectivity index (χ1n) is 7.85. The predicted molar refractivity (Wildman–Crippen MR) is 83.9 cm³/mol. The van der Waals surface area contributed by atoms with E-state index in [-0.39, 0.29) is 5.54 Å². The van der Waals surface area contributed by atoms with Crippen molar-refractivity contribution in [2.75, 3.05) is 14.1 Å². The van der Waals surface area contributed by atoms with Gasteiger partial charge in [-0.05, 0) is 64.0 Å². The van der Waals surface area contributed by atoms with Crippen molar-refractivity contribution < 1.29 is 0 Å². The first-order valence-corrected chi connectivity index (χ1v) is 7.85. The van der Waals surface area contributed by atoms with Crippen LogP contribution in [0, 0.1) is 11.3 Å². The lowest BCUT2D eigenvalue weighted by Gasteiger charge is -2.50. The largest absolute Gasteiger partial charge is 0.302 e. The van der Waals surface area contributed by atoms with E-state index in [1.807, 2.05) is 0 Å². The molecule has 3 N–H and O–H groups in total. The van der Waals surface area contributed by atoms with Crippen LogP contribution in [0.15, 0.2) is 0 Å². The molecule has 1 unspecified atom stereocenters. The van der Waals surface area contributed by atoms with Gasteiger partial charge in [0.15, 0.2) is 0 Å². The summed E-state index contributed by atoms with van der Waals surface area (Å²) in [5.41, 5.74) is 3.76. The Morgan fingerprint density at radius 3 is 2.16 bits per heavy atom. The molecule has 114 valence electrons. The molecule has 19 heavy (non-hydrogen) atoms. The highest BCUT2D eigenvalue weighted by Crippen LogP contribution is 2.39. The van der Waals surface area contributed by atoms with Gasteiger partial charge in [-0.3, -0.25) is 11.3 Å². The van der Waals surface area contributed by atoms with Gasteiger partial charge < -0.3 is 4.90 Å². The lowest BCUT2D eigenvalue weighted by Crippen LogP contribution is -2.62. The van der Waals surface area contributed by atoms with Crippen molar-refractivity contribution in [3.8, 4) is 0 Å². The van der Waals surface area contributed by atoms with Crippen molar-refractivity contribution in [2.24, 2.45) is 17.2 Å². The lowest BCUT2D eigenvalue weighted by atomic mass is 9.70. The summed E-state index contributed by atoms with van der Waals surface area (Å²) in [6, 6.07) is 0.397. The van der Waals surface area contributed by atoms with Crippen molar-refractivity contribution in [2.45, 2.75) is 77.8 Å². The Kier molecular flexibility index (Phi) is 5.84. The third kappa shape index (κ3) is 4.44. The summed E-state index contributed by atoms with van der Waals surface area (Å²) in [4.78, 5) is 2.42. The molecule has 0 aromatic heterocycles. The molecule has 1 rings (SSSR count). The lowest BCUT2D eigenvalue weighted by molar-refractivity contribution is 0.0364. The van der Waals surface area contributed by atoms with Crippen LogP contribution in [0.2, 0.25) is 0 Å². The second-order valence-corrected chi connectivity index (χ2v) is 8.00. The quantitative estimate of drug-likeness (QED) is 0.595. The zero-order valence-electron chi connectivity index (χ0n) is 13.9. The summed E-state index contributed by atoms with van der Waals surface area (Å²) in [7, 11) is 4.44. The van der Waals surface area contributed by atoms with Crippen LogP contribution in [0.1, 0.15) is 66.2 Å². The van der Waals surface area contributed by atoms with E-state index in [2.05, 4.69) is 52.1 Å². The number of rotatable bonds is 5. The maximum absolute atomic E-state index is 5.91. The van der Waals surface area contributed by atoms with Gasteiger partial charge >= 0.3 is 0 Å². The summed E-state index contributed by atoms with van der Waals surface area (Å²) in [6.45, 7) is 9.31. The smallest absolute Gasteiger partial charge is 0.0394 e. The molecule has 0 aromatic carbocycles. The summed E-state index contributed by atoms with van der Waals surface area (Å²) < 4.78 is 0. The van der Waals surface area contributed by atoms with E-state index >= 15 is 0 Å². The third-order valence-corrected chi connectivity index (χ3v) is 5.06. The van der Waals surface area contributed by atoms with E-state index in [4.69, 9.17) is 5.84 Å². The number of nitrogens with two attached hydrogens (primary N) is 1. The van der Waals surface area contributed by atoms with Gasteiger partial charge in [0.1, 0.15) is 0 Å². The second kappa shape index (κ2) is 6.55. The summed E-state index contributed by atoms with van der Waals surface area (Å²) >= 11 is 0. The van der Waals surface area contributed by atoms with Crippen molar-refractivity contribution in [1.29, 1.82) is 0 Å². The molecular formula is C16H35N3. The van der Waals surface area contributed by atoms with E-state index in [1.165, 1.54) is 32.1 Å². The molecular weight excluding hydrogens is 234 g/mol. The summed E-state index contributed by atoms with van der Waals surface area (Å²) in [5.74, 6) is 6.78. The molecule has 1 fully saturated rings. The Balaban J connectivity index is 2.77. The molecule has 3 heteroatoms. The molecule has 0 amide bonds. The fourth-order valence-electron chi connectivity index (χ4n) is 3.45. The first kappa shape index (κ1) is 16.9. The number of nitrogens with one attached hydrogen (secondary N) is 1. The standard InChI is InChI=1S/C16H35N3/c1-13-7-11-16(12-8-13,19(5)6)14(18-17)9-10-15(2,3)4/h13-14,18H,7-12,17H2,1-6H3. The monoisotopic (exact) mass is 269 g/mol. The number of hydrazine groups is 1. The van der Waals surface area contributed by atoms with E-state index in [0.29, 0.717) is 11.5 Å². The Labute approximate surface area is 120 Å². The van der Waals surface area contributed by atoms with Gasteiger partial charge in [0.05, 0.1) is 0 Å². The van der Waals surface area contributed by atoms with E-state index in [0.717, 1.165) is 12.3 Å². The van der Waals surface area contributed by atoms with Crippen molar-refractivity contribution in [1.82, 2.24) is 10.3 Å². The molecule has 1 aliphatic carbocycles. The third-order valence-electron chi connectivity index (χ3n) is 5.06. The van der Waals surface area contributed by atoms with Crippen molar-refractivity contribution in [3.05, 3.63) is 0 Å². The van der Waals surface area contributed by atoms with E-state index < -0.39 is 0 Å². The topological polar surface area (TPSA) is 41.3 Å². The van der Waals surface area contributed by atoms with Crippen LogP contribution in [0.25, 0.3) is 0 Å². The predicted octanol–water partition coefficient (Wildman–Crippen LogP) is 3.16. The molecule has 3 nitrogen and oxygen atoms in total. The zero-order chi connectivity index (χ0) is 14.7. The molecule has 0 bridgehead atoms. The Hall–Kier alpha value is -0.120. The average Bonchev–Trinajstić information content (AvgIpc) is 2.30. The van der Waals surface area contributed by atoms with Crippen LogP contribution in [-0.2, 0) is 0 Å². The van der Waals surface area contributed by atoms with Crippen molar-refractivity contribution in [3.63, 3.8) is 0 Å². The fourth-order valence-corrected chi connectivity index (χ4v) is 3.45. The molecule has 1 atom stereocenters. The van der Waals surface area contributed by atoms with Crippen LogP contribution in [0.5, 0.6) is 0 Å². The number of hydrogen-bond acceptors (Lipinski definition) is 3. The van der Waals surface area contributed by atoms with Crippen LogP contribution >= 0.6 is 0 Å². The fraction of sp³-hybridized carbons (Fsp3) is 1.00. The Morgan fingerprint density at radius 2 is 1.79 bits per heavy atom. The molecule has 0 saturated heterocycles. The SMILES string of the molecule is CC1CCC(C(CCC(C)(C)C)NN)(N(C)C)CC1. The number of likely N-dealkylation sites (N-methyl/N-ethyl adjacent to an activating group) is 1.